The van der Waals surface area contributed by atoms with E-state index in [0.29, 0.717) is 17.4 Å². The van der Waals surface area contributed by atoms with Crippen molar-refractivity contribution in [3.05, 3.63) is 48.6 Å². The summed E-state index contributed by atoms with van der Waals surface area (Å²) in [5.74, 6) is -0.198. The number of hydrogen-bond acceptors (Lipinski definition) is 5. The van der Waals surface area contributed by atoms with Gasteiger partial charge in [-0.05, 0) is 64.2 Å². The molecule has 0 aromatic heterocycles. The molecular formula is C47H90N2O6P+. The summed E-state index contributed by atoms with van der Waals surface area (Å²) in [4.78, 5) is 23.1. The molecule has 0 saturated carbocycles. The van der Waals surface area contributed by atoms with Crippen LogP contribution in [-0.2, 0) is 18.4 Å². The second-order valence-electron chi connectivity index (χ2n) is 16.7. The van der Waals surface area contributed by atoms with E-state index in [1.165, 1.54) is 122 Å². The van der Waals surface area contributed by atoms with Gasteiger partial charge in [0.05, 0.1) is 39.9 Å². The Kier molecular flexibility index (Phi) is 37.9. The molecule has 8 nitrogen and oxygen atoms in total. The van der Waals surface area contributed by atoms with Crippen LogP contribution in [0.25, 0.3) is 0 Å². The summed E-state index contributed by atoms with van der Waals surface area (Å²) in [6.45, 7) is 4.65. The van der Waals surface area contributed by atoms with Crippen LogP contribution in [0.5, 0.6) is 0 Å². The van der Waals surface area contributed by atoms with E-state index in [1.54, 1.807) is 6.08 Å². The van der Waals surface area contributed by atoms with Crippen molar-refractivity contribution < 1.29 is 32.9 Å². The highest BCUT2D eigenvalue weighted by Crippen LogP contribution is 2.43. The van der Waals surface area contributed by atoms with Gasteiger partial charge in [0.25, 0.3) is 0 Å². The Hall–Kier alpha value is -1.54. The fourth-order valence-electron chi connectivity index (χ4n) is 6.37. The third-order valence-corrected chi connectivity index (χ3v) is 11.0. The zero-order valence-electron chi connectivity index (χ0n) is 37.1. The zero-order valence-corrected chi connectivity index (χ0v) is 38.0. The van der Waals surface area contributed by atoms with Gasteiger partial charge in [0.15, 0.2) is 0 Å². The van der Waals surface area contributed by atoms with Crippen LogP contribution >= 0.6 is 7.82 Å². The molecule has 0 aromatic rings. The van der Waals surface area contributed by atoms with Crippen LogP contribution in [0.4, 0.5) is 0 Å². The number of quaternary nitrogens is 1. The van der Waals surface area contributed by atoms with Gasteiger partial charge in [-0.1, -0.05) is 172 Å². The Balaban J connectivity index is 4.23. The van der Waals surface area contributed by atoms with Gasteiger partial charge in [-0.3, -0.25) is 13.8 Å². The number of rotatable bonds is 41. The van der Waals surface area contributed by atoms with Crippen LogP contribution in [-0.4, -0.2) is 73.4 Å². The Morgan fingerprint density at radius 1 is 0.607 bits per heavy atom. The Bertz CT molecular complexity index is 1050. The standard InChI is InChI=1S/C47H89N2O6P/c1-6-8-10-12-14-16-18-19-20-21-22-23-24-25-26-27-28-29-30-31-33-35-37-39-41-47(51)48-45(44-55-56(52,53)54-43-42-49(3,4)5)46(50)40-38-36-34-32-17-15-13-11-9-7-2/h9,11,17,25-26,32,38,40,45-46,50H,6-8,10,12-16,18-24,27-31,33-37,39,41-44H2,1-5H3,(H-,48,51,52,53)/p+1/b11-9+,26-25-,32-17+,40-38+. The van der Waals surface area contributed by atoms with Crippen molar-refractivity contribution in [1.82, 2.24) is 5.32 Å². The number of aliphatic hydroxyl groups is 1. The zero-order chi connectivity index (χ0) is 41.4. The van der Waals surface area contributed by atoms with Crippen LogP contribution in [0.15, 0.2) is 48.6 Å². The predicted octanol–water partition coefficient (Wildman–Crippen LogP) is 12.9. The lowest BCUT2D eigenvalue weighted by Gasteiger charge is -2.25. The molecule has 0 aliphatic carbocycles. The lowest BCUT2D eigenvalue weighted by Crippen LogP contribution is -2.45. The minimum atomic E-state index is -4.35. The molecule has 3 unspecified atom stereocenters. The van der Waals surface area contributed by atoms with E-state index in [4.69, 9.17) is 9.05 Å². The van der Waals surface area contributed by atoms with E-state index in [2.05, 4.69) is 55.6 Å². The molecule has 328 valence electrons. The minimum absolute atomic E-state index is 0.0517. The van der Waals surface area contributed by atoms with E-state index < -0.39 is 20.0 Å². The van der Waals surface area contributed by atoms with Crippen LogP contribution in [0, 0.1) is 0 Å². The van der Waals surface area contributed by atoms with Crippen molar-refractivity contribution >= 4 is 13.7 Å². The lowest BCUT2D eigenvalue weighted by atomic mass is 10.0. The number of nitrogens with one attached hydrogen (secondary N) is 1. The first kappa shape index (κ1) is 54.5. The lowest BCUT2D eigenvalue weighted by molar-refractivity contribution is -0.870. The Morgan fingerprint density at radius 2 is 1.04 bits per heavy atom. The SMILES string of the molecule is CC/C=C/CC/C=C/CC/C=C/C(O)C(COP(=O)(O)OCC[N+](C)(C)C)NC(=O)CCCCCCCCCC/C=C\CCCCCCCCCCCCCC. The molecule has 0 fully saturated rings. The van der Waals surface area contributed by atoms with Crippen molar-refractivity contribution in [3.63, 3.8) is 0 Å². The Morgan fingerprint density at radius 3 is 1.52 bits per heavy atom. The molecule has 0 heterocycles. The first-order valence-corrected chi connectivity index (χ1v) is 24.5. The van der Waals surface area contributed by atoms with E-state index in [9.17, 15) is 19.4 Å². The number of hydrogen-bond donors (Lipinski definition) is 3. The summed E-state index contributed by atoms with van der Waals surface area (Å²) in [6, 6.07) is -0.869. The molecular weight excluding hydrogens is 719 g/mol. The van der Waals surface area contributed by atoms with Crippen LogP contribution in [0.3, 0.4) is 0 Å². The van der Waals surface area contributed by atoms with Gasteiger partial charge in [-0.2, -0.15) is 0 Å². The summed E-state index contributed by atoms with van der Waals surface area (Å²) in [7, 11) is 1.54. The number of allylic oxidation sites excluding steroid dienone is 7. The normalized spacial score (nSPS) is 14.8. The molecule has 0 saturated heterocycles. The average Bonchev–Trinajstić information content (AvgIpc) is 3.15. The first-order chi connectivity index (χ1) is 27.0. The van der Waals surface area contributed by atoms with Gasteiger partial charge < -0.3 is 19.8 Å². The fourth-order valence-corrected chi connectivity index (χ4v) is 7.10. The molecule has 3 atom stereocenters. The largest absolute Gasteiger partial charge is 0.472 e. The number of aliphatic hydroxyl groups excluding tert-OH is 1. The van der Waals surface area contributed by atoms with Gasteiger partial charge >= 0.3 is 7.82 Å². The van der Waals surface area contributed by atoms with Crippen LogP contribution < -0.4 is 5.32 Å². The van der Waals surface area contributed by atoms with Crippen LogP contribution in [0.2, 0.25) is 0 Å². The number of amides is 1. The van der Waals surface area contributed by atoms with Gasteiger partial charge in [-0.25, -0.2) is 4.57 Å². The Labute approximate surface area is 346 Å². The van der Waals surface area contributed by atoms with E-state index in [-0.39, 0.29) is 19.1 Å². The number of nitrogens with zero attached hydrogens (tertiary/aromatic N) is 1. The third-order valence-electron chi connectivity index (χ3n) is 10.0. The molecule has 0 bridgehead atoms. The highest BCUT2D eigenvalue weighted by molar-refractivity contribution is 7.47. The summed E-state index contributed by atoms with van der Waals surface area (Å²) in [5, 5.41) is 13.7. The van der Waals surface area contributed by atoms with Crippen molar-refractivity contribution in [2.24, 2.45) is 0 Å². The second kappa shape index (κ2) is 38.9. The first-order valence-electron chi connectivity index (χ1n) is 23.0. The monoisotopic (exact) mass is 810 g/mol. The van der Waals surface area contributed by atoms with Gasteiger partial charge in [0, 0.05) is 6.42 Å². The van der Waals surface area contributed by atoms with E-state index in [0.717, 1.165) is 51.4 Å². The summed E-state index contributed by atoms with van der Waals surface area (Å²) in [5.41, 5.74) is 0. The maximum atomic E-state index is 12.8. The van der Waals surface area contributed by atoms with Crippen molar-refractivity contribution in [2.45, 2.75) is 206 Å². The fraction of sp³-hybridized carbons (Fsp3) is 0.809. The smallest absolute Gasteiger partial charge is 0.387 e. The maximum absolute atomic E-state index is 12.8. The van der Waals surface area contributed by atoms with Gasteiger partial charge in [0.1, 0.15) is 13.2 Å². The quantitative estimate of drug-likeness (QED) is 0.0246. The van der Waals surface area contributed by atoms with Crippen molar-refractivity contribution in [3.8, 4) is 0 Å². The molecule has 0 radical (unpaired) electrons. The number of likely N-dealkylation sites (N-methyl/N-ethyl adjacent to an activating group) is 1. The third kappa shape index (κ3) is 40.6. The van der Waals surface area contributed by atoms with E-state index in [1.807, 2.05) is 27.2 Å². The minimum Gasteiger partial charge on any atom is -0.387 e. The summed E-state index contributed by atoms with van der Waals surface area (Å²) < 4.78 is 23.5. The van der Waals surface area contributed by atoms with Gasteiger partial charge in [-0.15, -0.1) is 0 Å². The molecule has 0 aromatic carbocycles. The number of phosphoric acid groups is 1. The molecule has 0 rings (SSSR count). The molecule has 0 aliphatic rings. The topological polar surface area (TPSA) is 105 Å². The van der Waals surface area contributed by atoms with E-state index >= 15 is 0 Å². The highest BCUT2D eigenvalue weighted by atomic mass is 31.2. The number of phosphoric ester groups is 1. The van der Waals surface area contributed by atoms with Gasteiger partial charge in [0.2, 0.25) is 5.91 Å². The number of unbranched alkanes of at least 4 members (excludes halogenated alkanes) is 22. The number of carbonyl (C=O) groups excluding carboxylic acids is 1. The predicted molar refractivity (Wildman–Crippen MR) is 240 cm³/mol. The molecule has 1 amide bonds. The highest BCUT2D eigenvalue weighted by Gasteiger charge is 2.27. The van der Waals surface area contributed by atoms with Crippen molar-refractivity contribution in [1.29, 1.82) is 0 Å². The molecule has 56 heavy (non-hydrogen) atoms. The number of carbonyl (C=O) groups is 1. The maximum Gasteiger partial charge on any atom is 0.472 e. The molecule has 0 spiro atoms. The summed E-state index contributed by atoms with van der Waals surface area (Å²) in [6.07, 6.45) is 49.2. The molecule has 9 heteroatoms. The van der Waals surface area contributed by atoms with Crippen LogP contribution in [0.1, 0.15) is 194 Å². The molecule has 3 N–H and O–H groups in total. The average molecular weight is 810 g/mol. The molecule has 0 aliphatic heterocycles. The second-order valence-corrected chi connectivity index (χ2v) is 18.2. The van der Waals surface area contributed by atoms with Crippen molar-refractivity contribution in [2.75, 3.05) is 40.9 Å². The summed E-state index contributed by atoms with van der Waals surface area (Å²) >= 11 is 0.